The number of ether oxygens (including phenoxy) is 1. The second-order valence-corrected chi connectivity index (χ2v) is 6.47. The number of benzene rings is 1. The van der Waals surface area contributed by atoms with E-state index in [-0.39, 0.29) is 37.0 Å². The summed E-state index contributed by atoms with van der Waals surface area (Å²) in [6, 6.07) is 11.7. The van der Waals surface area contributed by atoms with Crippen molar-refractivity contribution in [1.29, 1.82) is 0 Å². The standard InChI is InChI=1S/C17H25N3O2.2ClH/c1-13-10-16(20(19-13)14-8-6-5-7-9-14)22-12-15(21)11-18-17(2,3)4;;/h5-10,15,18,21H,11-12H2,1-4H3;2*1H. The Hall–Kier alpha value is -1.27. The minimum Gasteiger partial charge on any atom is -0.475 e. The van der Waals surface area contributed by atoms with Gasteiger partial charge in [0, 0.05) is 18.2 Å². The molecule has 0 aliphatic carbocycles. The average molecular weight is 376 g/mol. The van der Waals surface area contributed by atoms with Crippen LogP contribution in [-0.2, 0) is 0 Å². The van der Waals surface area contributed by atoms with Crippen LogP contribution in [0.15, 0.2) is 36.4 Å². The molecule has 0 bridgehead atoms. The van der Waals surface area contributed by atoms with E-state index in [1.807, 2.05) is 43.3 Å². The molecule has 2 N–H and O–H groups in total. The molecule has 1 atom stereocenters. The van der Waals surface area contributed by atoms with Crippen molar-refractivity contribution in [3.8, 4) is 11.6 Å². The maximum absolute atomic E-state index is 10.0. The predicted molar refractivity (Wildman–Crippen MR) is 102 cm³/mol. The van der Waals surface area contributed by atoms with E-state index in [0.717, 1.165) is 11.4 Å². The highest BCUT2D eigenvalue weighted by Gasteiger charge is 2.14. The summed E-state index contributed by atoms with van der Waals surface area (Å²) >= 11 is 0. The van der Waals surface area contributed by atoms with Crippen LogP contribution >= 0.6 is 24.8 Å². The van der Waals surface area contributed by atoms with E-state index in [0.29, 0.717) is 12.4 Å². The van der Waals surface area contributed by atoms with E-state index < -0.39 is 6.10 Å². The summed E-state index contributed by atoms with van der Waals surface area (Å²) in [5.74, 6) is 0.638. The number of para-hydroxylation sites is 1. The Morgan fingerprint density at radius 2 is 1.83 bits per heavy atom. The van der Waals surface area contributed by atoms with Gasteiger partial charge in [-0.2, -0.15) is 5.10 Å². The van der Waals surface area contributed by atoms with Gasteiger partial charge in [-0.05, 0) is 39.8 Å². The summed E-state index contributed by atoms with van der Waals surface area (Å²) < 4.78 is 7.50. The summed E-state index contributed by atoms with van der Waals surface area (Å²) in [5.41, 5.74) is 1.79. The second-order valence-electron chi connectivity index (χ2n) is 6.47. The fraction of sp³-hybridized carbons (Fsp3) is 0.471. The van der Waals surface area contributed by atoms with Gasteiger partial charge >= 0.3 is 0 Å². The Balaban J connectivity index is 0.00000264. The van der Waals surface area contributed by atoms with Crippen LogP contribution in [0, 0.1) is 6.92 Å². The molecule has 2 rings (SSSR count). The fourth-order valence-electron chi connectivity index (χ4n) is 2.00. The van der Waals surface area contributed by atoms with Crippen molar-refractivity contribution in [2.75, 3.05) is 13.2 Å². The van der Waals surface area contributed by atoms with Crippen LogP contribution in [0.3, 0.4) is 0 Å². The van der Waals surface area contributed by atoms with Gasteiger partial charge in [0.05, 0.1) is 11.4 Å². The number of hydrogen-bond donors (Lipinski definition) is 2. The molecule has 0 saturated heterocycles. The van der Waals surface area contributed by atoms with Gasteiger partial charge in [-0.3, -0.25) is 0 Å². The maximum Gasteiger partial charge on any atom is 0.216 e. The smallest absolute Gasteiger partial charge is 0.216 e. The lowest BCUT2D eigenvalue weighted by Gasteiger charge is -2.23. The molecule has 0 aliphatic heterocycles. The van der Waals surface area contributed by atoms with Crippen molar-refractivity contribution in [1.82, 2.24) is 15.1 Å². The number of aromatic nitrogens is 2. The summed E-state index contributed by atoms with van der Waals surface area (Å²) in [6.45, 7) is 8.82. The van der Waals surface area contributed by atoms with Crippen LogP contribution in [0.4, 0.5) is 0 Å². The Morgan fingerprint density at radius 3 is 2.42 bits per heavy atom. The van der Waals surface area contributed by atoms with Crippen molar-refractivity contribution < 1.29 is 9.84 Å². The summed E-state index contributed by atoms with van der Waals surface area (Å²) in [4.78, 5) is 0. The highest BCUT2D eigenvalue weighted by Crippen LogP contribution is 2.19. The van der Waals surface area contributed by atoms with Gasteiger partial charge in [-0.15, -0.1) is 24.8 Å². The molecule has 0 amide bonds. The molecular weight excluding hydrogens is 349 g/mol. The first-order valence-electron chi connectivity index (χ1n) is 7.53. The van der Waals surface area contributed by atoms with E-state index in [9.17, 15) is 5.11 Å². The third-order valence-electron chi connectivity index (χ3n) is 3.09. The molecule has 1 aromatic carbocycles. The zero-order valence-electron chi connectivity index (χ0n) is 14.5. The van der Waals surface area contributed by atoms with Gasteiger partial charge in [0.2, 0.25) is 5.88 Å². The normalized spacial score (nSPS) is 12.0. The summed E-state index contributed by atoms with van der Waals surface area (Å²) in [7, 11) is 0. The van der Waals surface area contributed by atoms with E-state index >= 15 is 0 Å². The maximum atomic E-state index is 10.0. The Labute approximate surface area is 156 Å². The Kier molecular flexibility index (Phi) is 9.37. The van der Waals surface area contributed by atoms with Crippen molar-refractivity contribution in [2.45, 2.75) is 39.3 Å². The molecule has 7 heteroatoms. The van der Waals surface area contributed by atoms with Crippen LogP contribution in [-0.4, -0.2) is 39.7 Å². The van der Waals surface area contributed by atoms with Crippen molar-refractivity contribution in [3.63, 3.8) is 0 Å². The highest BCUT2D eigenvalue weighted by atomic mass is 35.5. The summed E-state index contributed by atoms with van der Waals surface area (Å²) in [6.07, 6.45) is -0.571. The topological polar surface area (TPSA) is 59.3 Å². The lowest BCUT2D eigenvalue weighted by Crippen LogP contribution is -2.42. The van der Waals surface area contributed by atoms with E-state index in [1.54, 1.807) is 4.68 Å². The first kappa shape index (κ1) is 22.7. The predicted octanol–water partition coefficient (Wildman–Crippen LogP) is 3.15. The number of β-amino-alcohol motifs (C(OH)–C–C–N with tert-alkyl or cyclic N) is 1. The number of aliphatic hydroxyl groups is 1. The monoisotopic (exact) mass is 375 g/mol. The van der Waals surface area contributed by atoms with Crippen LogP contribution in [0.2, 0.25) is 0 Å². The highest BCUT2D eigenvalue weighted by molar-refractivity contribution is 5.85. The third-order valence-corrected chi connectivity index (χ3v) is 3.09. The number of aliphatic hydroxyl groups excluding tert-OH is 1. The van der Waals surface area contributed by atoms with Crippen molar-refractivity contribution in [3.05, 3.63) is 42.1 Å². The summed E-state index contributed by atoms with van der Waals surface area (Å²) in [5, 5.41) is 17.7. The van der Waals surface area contributed by atoms with Gasteiger partial charge in [-0.1, -0.05) is 18.2 Å². The van der Waals surface area contributed by atoms with Gasteiger partial charge in [0.1, 0.15) is 12.7 Å². The molecule has 1 unspecified atom stereocenters. The number of nitrogens with one attached hydrogen (secondary N) is 1. The van der Waals surface area contributed by atoms with Crippen LogP contribution in [0.1, 0.15) is 26.5 Å². The SMILES string of the molecule is Cc1cc(OCC(O)CNC(C)(C)C)n(-c2ccccc2)n1.Cl.Cl. The number of nitrogens with zero attached hydrogens (tertiary/aromatic N) is 2. The molecule has 0 saturated carbocycles. The molecule has 1 heterocycles. The molecule has 1 aromatic heterocycles. The average Bonchev–Trinajstić information content (AvgIpc) is 2.84. The molecule has 2 aromatic rings. The lowest BCUT2D eigenvalue weighted by molar-refractivity contribution is 0.0963. The zero-order valence-corrected chi connectivity index (χ0v) is 16.2. The van der Waals surface area contributed by atoms with Crippen LogP contribution < -0.4 is 10.1 Å². The molecule has 0 spiro atoms. The van der Waals surface area contributed by atoms with Gasteiger partial charge in [-0.25, -0.2) is 4.68 Å². The molecule has 136 valence electrons. The van der Waals surface area contributed by atoms with Crippen molar-refractivity contribution >= 4 is 24.8 Å². The Bertz CT molecular complexity index is 598. The minimum absolute atomic E-state index is 0. The molecule has 0 fully saturated rings. The van der Waals surface area contributed by atoms with E-state index in [1.165, 1.54) is 0 Å². The largest absolute Gasteiger partial charge is 0.475 e. The molecular formula is C17H27Cl2N3O2. The molecule has 24 heavy (non-hydrogen) atoms. The van der Waals surface area contributed by atoms with Gasteiger partial charge in [0.15, 0.2) is 0 Å². The molecule has 0 radical (unpaired) electrons. The number of halogens is 2. The minimum atomic E-state index is -0.571. The number of rotatable bonds is 6. The molecule has 0 aliphatic rings. The van der Waals surface area contributed by atoms with Crippen molar-refractivity contribution in [2.24, 2.45) is 0 Å². The fourth-order valence-corrected chi connectivity index (χ4v) is 2.00. The Morgan fingerprint density at radius 1 is 1.21 bits per heavy atom. The number of aryl methyl sites for hydroxylation is 1. The first-order chi connectivity index (χ1) is 10.3. The lowest BCUT2D eigenvalue weighted by atomic mass is 10.1. The number of hydrogen-bond acceptors (Lipinski definition) is 4. The van der Waals surface area contributed by atoms with Crippen LogP contribution in [0.5, 0.6) is 5.88 Å². The van der Waals surface area contributed by atoms with Crippen LogP contribution in [0.25, 0.3) is 5.69 Å². The first-order valence-corrected chi connectivity index (χ1v) is 7.53. The van der Waals surface area contributed by atoms with E-state index in [2.05, 4.69) is 31.2 Å². The van der Waals surface area contributed by atoms with E-state index in [4.69, 9.17) is 4.74 Å². The third kappa shape index (κ3) is 7.09. The van der Waals surface area contributed by atoms with Gasteiger partial charge in [0.25, 0.3) is 0 Å². The second kappa shape index (κ2) is 9.89. The molecule has 5 nitrogen and oxygen atoms in total. The zero-order chi connectivity index (χ0) is 16.2. The quantitative estimate of drug-likeness (QED) is 0.813. The van der Waals surface area contributed by atoms with Gasteiger partial charge < -0.3 is 15.2 Å².